The third-order valence-electron chi connectivity index (χ3n) is 5.53. The van der Waals surface area contributed by atoms with Crippen molar-refractivity contribution in [1.82, 2.24) is 0 Å². The summed E-state index contributed by atoms with van der Waals surface area (Å²) in [5.74, 6) is 0.165. The van der Waals surface area contributed by atoms with Gasteiger partial charge in [0.2, 0.25) is 0 Å². The molecular weight excluding hydrogens is 437 g/mol. The van der Waals surface area contributed by atoms with E-state index >= 15 is 0 Å². The first-order valence-corrected chi connectivity index (χ1v) is 12.2. The quantitative estimate of drug-likeness (QED) is 0.409. The van der Waals surface area contributed by atoms with Gasteiger partial charge in [-0.15, -0.1) is 0 Å². The zero-order valence-electron chi connectivity index (χ0n) is 20.3. The van der Waals surface area contributed by atoms with Crippen LogP contribution in [0.25, 0.3) is 0 Å². The lowest BCUT2D eigenvalue weighted by atomic mass is 10.1. The molecular formula is C27H37ClFN3O. The number of rotatable bonds is 8. The molecule has 4 nitrogen and oxygen atoms in total. The molecule has 1 atom stereocenters. The Morgan fingerprint density at radius 1 is 1.21 bits per heavy atom. The van der Waals surface area contributed by atoms with Crippen LogP contribution in [-0.4, -0.2) is 37.5 Å². The van der Waals surface area contributed by atoms with Crippen LogP contribution in [0.3, 0.4) is 0 Å². The van der Waals surface area contributed by atoms with Gasteiger partial charge >= 0.3 is 0 Å². The van der Waals surface area contributed by atoms with Crippen molar-refractivity contribution >= 4 is 29.2 Å². The van der Waals surface area contributed by atoms with Crippen LogP contribution in [0, 0.1) is 11.7 Å². The van der Waals surface area contributed by atoms with E-state index < -0.39 is 0 Å². The maximum absolute atomic E-state index is 14.9. The monoisotopic (exact) mass is 473 g/mol. The van der Waals surface area contributed by atoms with Crippen LogP contribution >= 0.6 is 11.6 Å². The number of phenols is 1. The number of piperidine rings is 1. The highest BCUT2D eigenvalue weighted by Gasteiger charge is 2.18. The molecule has 3 rings (SSSR count). The van der Waals surface area contributed by atoms with Gasteiger partial charge in [0.1, 0.15) is 11.6 Å². The van der Waals surface area contributed by atoms with E-state index in [0.717, 1.165) is 42.9 Å². The molecule has 2 aromatic carbocycles. The van der Waals surface area contributed by atoms with Crippen molar-refractivity contribution in [2.75, 3.05) is 36.0 Å². The Hall–Kier alpha value is -2.53. The number of benzene rings is 2. The van der Waals surface area contributed by atoms with Crippen molar-refractivity contribution < 1.29 is 9.50 Å². The molecule has 0 saturated carbocycles. The van der Waals surface area contributed by atoms with Gasteiger partial charge in [0.15, 0.2) is 0 Å². The van der Waals surface area contributed by atoms with Crippen LogP contribution in [0.15, 0.2) is 53.7 Å². The fourth-order valence-electron chi connectivity index (χ4n) is 3.86. The summed E-state index contributed by atoms with van der Waals surface area (Å²) in [5, 5.41) is 9.91. The van der Waals surface area contributed by atoms with E-state index in [9.17, 15) is 9.50 Å². The Kier molecular flexibility index (Phi) is 10.7. The highest BCUT2D eigenvalue weighted by molar-refractivity contribution is 6.33. The largest absolute Gasteiger partial charge is 0.508 e. The van der Waals surface area contributed by atoms with E-state index in [1.807, 2.05) is 37.8 Å². The molecule has 1 unspecified atom stereocenters. The summed E-state index contributed by atoms with van der Waals surface area (Å²) in [6, 6.07) is 10.3. The van der Waals surface area contributed by atoms with Crippen LogP contribution in [0.4, 0.5) is 15.8 Å². The van der Waals surface area contributed by atoms with Crippen LogP contribution in [0.5, 0.6) is 5.75 Å². The van der Waals surface area contributed by atoms with Gasteiger partial charge in [-0.25, -0.2) is 4.39 Å². The molecule has 180 valence electrons. The Morgan fingerprint density at radius 2 is 1.91 bits per heavy atom. The predicted octanol–water partition coefficient (Wildman–Crippen LogP) is 7.30. The van der Waals surface area contributed by atoms with Crippen LogP contribution < -0.4 is 9.80 Å². The average Bonchev–Trinajstić information content (AvgIpc) is 2.80. The topological polar surface area (TPSA) is 39.1 Å². The molecule has 33 heavy (non-hydrogen) atoms. The summed E-state index contributed by atoms with van der Waals surface area (Å²) < 4.78 is 14.9. The zero-order chi connectivity index (χ0) is 24.4. The molecule has 1 aliphatic rings. The lowest BCUT2D eigenvalue weighted by molar-refractivity contribution is 0.475. The van der Waals surface area contributed by atoms with Crippen molar-refractivity contribution in [2.45, 2.75) is 47.0 Å². The Bertz CT molecular complexity index is 941. The molecule has 0 aliphatic carbocycles. The van der Waals surface area contributed by atoms with Gasteiger partial charge in [-0.1, -0.05) is 39.0 Å². The van der Waals surface area contributed by atoms with Gasteiger partial charge in [0, 0.05) is 49.3 Å². The summed E-state index contributed by atoms with van der Waals surface area (Å²) in [6.45, 7) is 15.2. The van der Waals surface area contributed by atoms with Crippen molar-refractivity contribution in [3.8, 4) is 5.75 Å². The summed E-state index contributed by atoms with van der Waals surface area (Å²) >= 11 is 6.12. The minimum Gasteiger partial charge on any atom is -0.508 e. The molecule has 1 N–H and O–H groups in total. The number of hydrogen-bond donors (Lipinski definition) is 1. The number of halogens is 2. The Labute approximate surface area is 203 Å². The number of hydrogen-bond acceptors (Lipinski definition) is 4. The van der Waals surface area contributed by atoms with E-state index in [0.29, 0.717) is 23.8 Å². The van der Waals surface area contributed by atoms with Gasteiger partial charge in [-0.05, 0) is 68.5 Å². The lowest BCUT2D eigenvalue weighted by Gasteiger charge is -2.31. The standard InChI is InChI=1S/C25H31ClFN3O.C2H6/c1-18(2)30(17-19(3)15-28-16-20-7-9-22(31)14-23(20)26)21-8-10-25(24(27)13-21)29-11-5-4-6-12-29;1-2/h7-10,13-14,16,19,31H,1,4-6,11-12,15,17H2,2-3H3;1-2H3. The third kappa shape index (κ3) is 7.78. The van der Waals surface area contributed by atoms with E-state index in [1.165, 1.54) is 12.5 Å². The second kappa shape index (κ2) is 13.2. The molecule has 1 fully saturated rings. The molecule has 6 heteroatoms. The smallest absolute Gasteiger partial charge is 0.148 e. The maximum Gasteiger partial charge on any atom is 0.148 e. The van der Waals surface area contributed by atoms with E-state index in [1.54, 1.807) is 24.4 Å². The van der Waals surface area contributed by atoms with Crippen molar-refractivity contribution in [3.63, 3.8) is 0 Å². The van der Waals surface area contributed by atoms with Gasteiger partial charge in [0.05, 0.1) is 10.7 Å². The molecule has 0 aromatic heterocycles. The number of nitrogens with zero attached hydrogens (tertiary/aromatic N) is 3. The molecule has 0 radical (unpaired) electrons. The van der Waals surface area contributed by atoms with Crippen LogP contribution in [-0.2, 0) is 0 Å². The molecule has 0 spiro atoms. The maximum atomic E-state index is 14.9. The number of aromatic hydroxyl groups is 1. The van der Waals surface area contributed by atoms with Crippen molar-refractivity contribution in [2.24, 2.45) is 10.9 Å². The fraction of sp³-hybridized carbons (Fsp3) is 0.444. The second-order valence-corrected chi connectivity index (χ2v) is 8.74. The summed E-state index contributed by atoms with van der Waals surface area (Å²) in [6.07, 6.45) is 5.17. The van der Waals surface area contributed by atoms with Gasteiger partial charge in [-0.2, -0.15) is 0 Å². The molecule has 1 aliphatic heterocycles. The molecule has 1 saturated heterocycles. The highest BCUT2D eigenvalue weighted by atomic mass is 35.5. The number of aliphatic imine (C=N–C) groups is 1. The van der Waals surface area contributed by atoms with Crippen molar-refractivity contribution in [1.29, 1.82) is 0 Å². The average molecular weight is 474 g/mol. The predicted molar refractivity (Wildman–Crippen MR) is 141 cm³/mol. The minimum absolute atomic E-state index is 0.131. The van der Waals surface area contributed by atoms with Gasteiger partial charge in [-0.3, -0.25) is 4.99 Å². The Morgan fingerprint density at radius 3 is 2.52 bits per heavy atom. The first-order valence-electron chi connectivity index (χ1n) is 11.8. The summed E-state index contributed by atoms with van der Waals surface area (Å²) in [4.78, 5) is 8.68. The second-order valence-electron chi connectivity index (χ2n) is 8.33. The van der Waals surface area contributed by atoms with Crippen LogP contribution in [0.1, 0.15) is 52.5 Å². The molecule has 0 amide bonds. The summed E-state index contributed by atoms with van der Waals surface area (Å²) in [7, 11) is 0. The first kappa shape index (κ1) is 26.7. The highest BCUT2D eigenvalue weighted by Crippen LogP contribution is 2.29. The normalized spacial score (nSPS) is 14.5. The molecule has 0 bridgehead atoms. The third-order valence-corrected chi connectivity index (χ3v) is 5.85. The Balaban J connectivity index is 0.00000187. The molecule has 1 heterocycles. The number of phenolic OH excluding ortho intramolecular Hbond substituents is 1. The van der Waals surface area contributed by atoms with E-state index in [-0.39, 0.29) is 17.5 Å². The van der Waals surface area contributed by atoms with Crippen molar-refractivity contribution in [3.05, 3.63) is 65.1 Å². The SMILES string of the molecule is C=C(C)N(CC(C)CN=Cc1ccc(O)cc1Cl)c1ccc(N2CCCCC2)c(F)c1.CC. The molecule has 2 aromatic rings. The number of anilines is 2. The van der Waals surface area contributed by atoms with Gasteiger partial charge in [0.25, 0.3) is 0 Å². The summed E-state index contributed by atoms with van der Waals surface area (Å²) in [5.41, 5.74) is 3.12. The van der Waals surface area contributed by atoms with Gasteiger partial charge < -0.3 is 14.9 Å². The zero-order valence-corrected chi connectivity index (χ0v) is 21.1. The van der Waals surface area contributed by atoms with Crippen LogP contribution in [0.2, 0.25) is 5.02 Å². The lowest BCUT2D eigenvalue weighted by Crippen LogP contribution is -2.31. The fourth-order valence-corrected chi connectivity index (χ4v) is 4.08. The minimum atomic E-state index is -0.182. The van der Waals surface area contributed by atoms with E-state index in [2.05, 4.69) is 23.4 Å². The number of allylic oxidation sites excluding steroid dienone is 1. The van der Waals surface area contributed by atoms with E-state index in [4.69, 9.17) is 11.6 Å². The first-order chi connectivity index (χ1) is 15.8.